The minimum absolute atomic E-state index is 0.0318. The molecule has 1 saturated heterocycles. The fourth-order valence-corrected chi connectivity index (χ4v) is 2.80. The molecule has 0 amide bonds. The molecule has 1 heterocycles. The molecule has 1 aliphatic rings. The number of nitro groups is 1. The Hall–Kier alpha value is -3.33. The number of Topliss-reactive ketones (excluding diaryl/α,β-unsaturated/α-hetero) is 1. The number of halogens is 1. The molecule has 0 aliphatic carbocycles. The van der Waals surface area contributed by atoms with Crippen LogP contribution in [0.5, 0.6) is 0 Å². The summed E-state index contributed by atoms with van der Waals surface area (Å²) in [5.74, 6) is -1.85. The zero-order chi connectivity index (χ0) is 20.1. The zero-order valence-corrected chi connectivity index (χ0v) is 14.8. The molecule has 2 aromatic carbocycles. The average Bonchev–Trinajstić information content (AvgIpc) is 2.72. The molecule has 2 aromatic rings. The Balaban J connectivity index is 1.70. The number of ether oxygens (including phenoxy) is 2. The van der Waals surface area contributed by atoms with E-state index in [0.717, 1.165) is 18.2 Å². The molecule has 0 aromatic heterocycles. The zero-order valence-electron chi connectivity index (χ0n) is 14.8. The molecule has 9 heteroatoms. The lowest BCUT2D eigenvalue weighted by Gasteiger charge is -2.28. The lowest BCUT2D eigenvalue weighted by atomic mass is 10.1. The van der Waals surface area contributed by atoms with Crippen molar-refractivity contribution in [1.82, 2.24) is 0 Å². The Labute approximate surface area is 159 Å². The van der Waals surface area contributed by atoms with Crippen molar-refractivity contribution in [2.24, 2.45) is 0 Å². The Morgan fingerprint density at radius 1 is 1.11 bits per heavy atom. The highest BCUT2D eigenvalue weighted by molar-refractivity contribution is 5.99. The number of esters is 1. The van der Waals surface area contributed by atoms with Crippen LogP contribution < -0.4 is 4.90 Å². The molecule has 0 unspecified atom stereocenters. The molecule has 1 aliphatic heterocycles. The van der Waals surface area contributed by atoms with E-state index in [1.165, 1.54) is 24.3 Å². The Kier molecular flexibility index (Phi) is 5.95. The number of carbonyl (C=O) groups is 2. The molecule has 3 rings (SSSR count). The maximum atomic E-state index is 12.9. The van der Waals surface area contributed by atoms with Gasteiger partial charge in [0.2, 0.25) is 0 Å². The number of hydrogen-bond acceptors (Lipinski definition) is 7. The van der Waals surface area contributed by atoms with Crippen molar-refractivity contribution in [1.29, 1.82) is 0 Å². The third kappa shape index (κ3) is 4.49. The minimum atomic E-state index is -0.855. The molecule has 0 saturated carbocycles. The molecular weight excluding hydrogens is 371 g/mol. The fourth-order valence-electron chi connectivity index (χ4n) is 2.80. The molecule has 0 N–H and O–H groups in total. The Bertz CT molecular complexity index is 894. The molecule has 1 fully saturated rings. The van der Waals surface area contributed by atoms with Crippen molar-refractivity contribution in [2.45, 2.75) is 0 Å². The largest absolute Gasteiger partial charge is 0.454 e. The quantitative estimate of drug-likeness (QED) is 0.325. The summed E-state index contributed by atoms with van der Waals surface area (Å²) >= 11 is 0. The Morgan fingerprint density at radius 3 is 2.39 bits per heavy atom. The lowest BCUT2D eigenvalue weighted by Crippen LogP contribution is -2.36. The van der Waals surface area contributed by atoms with E-state index in [-0.39, 0.29) is 16.8 Å². The molecular formula is C19H17FN2O6. The number of carbonyl (C=O) groups excluding carboxylic acids is 2. The SMILES string of the molecule is O=C(COC(=O)c1ccc(N2CCOCC2)c([N+](=O)[O-])c1)c1ccc(F)cc1. The van der Waals surface area contributed by atoms with E-state index in [0.29, 0.717) is 32.0 Å². The molecule has 28 heavy (non-hydrogen) atoms. The predicted molar refractivity (Wildman–Crippen MR) is 97.1 cm³/mol. The standard InChI is InChI=1S/C19H17FN2O6/c20-15-4-1-13(2-5-15)18(23)12-28-19(24)14-3-6-16(17(11-14)22(25)26)21-7-9-27-10-8-21/h1-6,11H,7-10,12H2. The minimum Gasteiger partial charge on any atom is -0.454 e. The van der Waals surface area contributed by atoms with Gasteiger partial charge in [-0.15, -0.1) is 0 Å². The second-order valence-corrected chi connectivity index (χ2v) is 6.07. The van der Waals surface area contributed by atoms with Crippen molar-refractivity contribution >= 4 is 23.1 Å². The van der Waals surface area contributed by atoms with Crippen molar-refractivity contribution in [2.75, 3.05) is 37.8 Å². The van der Waals surface area contributed by atoms with Crippen LogP contribution in [0.3, 0.4) is 0 Å². The second kappa shape index (κ2) is 8.57. The van der Waals surface area contributed by atoms with Crippen LogP contribution in [0.4, 0.5) is 15.8 Å². The number of hydrogen-bond donors (Lipinski definition) is 0. The summed E-state index contributed by atoms with van der Waals surface area (Å²) in [6, 6.07) is 8.87. The summed E-state index contributed by atoms with van der Waals surface area (Å²) in [4.78, 5) is 36.9. The number of nitro benzene ring substituents is 1. The van der Waals surface area contributed by atoms with Gasteiger partial charge in [-0.05, 0) is 36.4 Å². The molecule has 0 radical (unpaired) electrons. The number of anilines is 1. The van der Waals surface area contributed by atoms with Gasteiger partial charge < -0.3 is 14.4 Å². The first-order valence-corrected chi connectivity index (χ1v) is 8.53. The van der Waals surface area contributed by atoms with E-state index < -0.39 is 29.1 Å². The first-order chi connectivity index (χ1) is 13.5. The number of ketones is 1. The smallest absolute Gasteiger partial charge is 0.338 e. The molecule has 8 nitrogen and oxygen atoms in total. The van der Waals surface area contributed by atoms with Gasteiger partial charge in [0, 0.05) is 24.7 Å². The highest BCUT2D eigenvalue weighted by Gasteiger charge is 2.24. The lowest BCUT2D eigenvalue weighted by molar-refractivity contribution is -0.384. The van der Waals surface area contributed by atoms with Crippen LogP contribution in [0.2, 0.25) is 0 Å². The van der Waals surface area contributed by atoms with Crippen LogP contribution in [0.25, 0.3) is 0 Å². The van der Waals surface area contributed by atoms with Crippen LogP contribution in [0.1, 0.15) is 20.7 Å². The van der Waals surface area contributed by atoms with E-state index in [4.69, 9.17) is 9.47 Å². The number of benzene rings is 2. The van der Waals surface area contributed by atoms with Crippen molar-refractivity contribution in [3.05, 3.63) is 69.5 Å². The van der Waals surface area contributed by atoms with E-state index in [1.54, 1.807) is 0 Å². The van der Waals surface area contributed by atoms with Crippen LogP contribution >= 0.6 is 0 Å². The van der Waals surface area contributed by atoms with Crippen LogP contribution in [-0.2, 0) is 9.47 Å². The van der Waals surface area contributed by atoms with Gasteiger partial charge in [0.25, 0.3) is 5.69 Å². The average molecular weight is 388 g/mol. The molecule has 0 spiro atoms. The second-order valence-electron chi connectivity index (χ2n) is 6.07. The molecule has 146 valence electrons. The van der Waals surface area contributed by atoms with Crippen LogP contribution in [0.15, 0.2) is 42.5 Å². The predicted octanol–water partition coefficient (Wildman–Crippen LogP) is 2.61. The van der Waals surface area contributed by atoms with Crippen molar-refractivity contribution in [3.63, 3.8) is 0 Å². The van der Waals surface area contributed by atoms with Gasteiger partial charge in [-0.3, -0.25) is 14.9 Å². The maximum absolute atomic E-state index is 12.9. The number of rotatable bonds is 6. The Morgan fingerprint density at radius 2 is 1.75 bits per heavy atom. The van der Waals surface area contributed by atoms with Gasteiger partial charge >= 0.3 is 5.97 Å². The summed E-state index contributed by atoms with van der Waals surface area (Å²) in [7, 11) is 0. The number of nitrogens with zero attached hydrogens (tertiary/aromatic N) is 2. The highest BCUT2D eigenvalue weighted by Crippen LogP contribution is 2.30. The van der Waals surface area contributed by atoms with Crippen LogP contribution in [-0.4, -0.2) is 49.6 Å². The summed E-state index contributed by atoms with van der Waals surface area (Å²) in [6.07, 6.45) is 0. The van der Waals surface area contributed by atoms with Gasteiger partial charge in [-0.1, -0.05) is 0 Å². The van der Waals surface area contributed by atoms with E-state index in [2.05, 4.69) is 0 Å². The van der Waals surface area contributed by atoms with Gasteiger partial charge in [0.05, 0.1) is 23.7 Å². The van der Waals surface area contributed by atoms with Gasteiger partial charge in [0.1, 0.15) is 11.5 Å². The van der Waals surface area contributed by atoms with Gasteiger partial charge in [-0.2, -0.15) is 0 Å². The summed E-state index contributed by atoms with van der Waals surface area (Å²) in [5, 5.41) is 11.4. The molecule has 0 atom stereocenters. The van der Waals surface area contributed by atoms with E-state index >= 15 is 0 Å². The molecule has 0 bridgehead atoms. The third-order valence-electron chi connectivity index (χ3n) is 4.26. The monoisotopic (exact) mass is 388 g/mol. The summed E-state index contributed by atoms with van der Waals surface area (Å²) < 4.78 is 23.1. The maximum Gasteiger partial charge on any atom is 0.338 e. The number of morpholine rings is 1. The topological polar surface area (TPSA) is 99.0 Å². The first-order valence-electron chi connectivity index (χ1n) is 8.53. The van der Waals surface area contributed by atoms with Crippen molar-refractivity contribution in [3.8, 4) is 0 Å². The van der Waals surface area contributed by atoms with Gasteiger partial charge in [-0.25, -0.2) is 9.18 Å². The fraction of sp³-hybridized carbons (Fsp3) is 0.263. The normalized spacial score (nSPS) is 13.8. The van der Waals surface area contributed by atoms with Crippen molar-refractivity contribution < 1.29 is 28.4 Å². The van der Waals surface area contributed by atoms with Gasteiger partial charge in [0.15, 0.2) is 12.4 Å². The third-order valence-corrected chi connectivity index (χ3v) is 4.26. The van der Waals surface area contributed by atoms with Crippen LogP contribution in [0, 0.1) is 15.9 Å². The van der Waals surface area contributed by atoms with E-state index in [1.807, 2.05) is 4.90 Å². The van der Waals surface area contributed by atoms with E-state index in [9.17, 15) is 24.1 Å². The summed E-state index contributed by atoms with van der Waals surface area (Å²) in [5.41, 5.74) is 0.340. The summed E-state index contributed by atoms with van der Waals surface area (Å²) in [6.45, 7) is 1.40. The highest BCUT2D eigenvalue weighted by atomic mass is 19.1. The first kappa shape index (κ1) is 19.4.